The van der Waals surface area contributed by atoms with E-state index in [0.29, 0.717) is 6.54 Å². The molecule has 2 rings (SSSR count). The van der Waals surface area contributed by atoms with Gasteiger partial charge in [-0.25, -0.2) is 0 Å². The number of aryl methyl sites for hydroxylation is 1. The van der Waals surface area contributed by atoms with Gasteiger partial charge in [0.15, 0.2) is 0 Å². The predicted molar refractivity (Wildman–Crippen MR) is 64.2 cm³/mol. The molecule has 0 radical (unpaired) electrons. The highest BCUT2D eigenvalue weighted by Gasteiger charge is 2.11. The molecule has 0 aliphatic carbocycles. The number of aromatic nitrogens is 2. The van der Waals surface area contributed by atoms with Crippen molar-refractivity contribution in [2.75, 3.05) is 0 Å². The van der Waals surface area contributed by atoms with Crippen molar-refractivity contribution in [1.82, 2.24) is 9.78 Å². The van der Waals surface area contributed by atoms with Gasteiger partial charge >= 0.3 is 0 Å². The third-order valence-corrected chi connectivity index (χ3v) is 3.05. The number of rotatable bonds is 2. The minimum atomic E-state index is 0.504. The van der Waals surface area contributed by atoms with Crippen LogP contribution in [0.4, 0.5) is 0 Å². The Morgan fingerprint density at radius 2 is 2.13 bits per heavy atom. The molecule has 15 heavy (non-hydrogen) atoms. The molecule has 3 nitrogen and oxygen atoms in total. The molecule has 2 N–H and O–H groups in total. The fourth-order valence-corrected chi connectivity index (χ4v) is 2.11. The van der Waals surface area contributed by atoms with Crippen molar-refractivity contribution in [2.45, 2.75) is 6.54 Å². The zero-order valence-corrected chi connectivity index (χ0v) is 10.0. The smallest absolute Gasteiger partial charge is 0.0735 e. The highest BCUT2D eigenvalue weighted by atomic mass is 79.9. The Labute approximate surface area is 97.0 Å². The van der Waals surface area contributed by atoms with Gasteiger partial charge in [-0.15, -0.1) is 0 Å². The Kier molecular flexibility index (Phi) is 2.88. The van der Waals surface area contributed by atoms with Crippen LogP contribution in [0.2, 0.25) is 0 Å². The summed E-state index contributed by atoms with van der Waals surface area (Å²) in [6.45, 7) is 0.504. The van der Waals surface area contributed by atoms with E-state index in [1.54, 1.807) is 0 Å². The van der Waals surface area contributed by atoms with E-state index in [1.807, 2.05) is 36.1 Å². The lowest BCUT2D eigenvalue weighted by molar-refractivity contribution is 0.775. The van der Waals surface area contributed by atoms with Crippen LogP contribution < -0.4 is 5.73 Å². The second kappa shape index (κ2) is 4.16. The van der Waals surface area contributed by atoms with Gasteiger partial charge in [-0.2, -0.15) is 5.10 Å². The van der Waals surface area contributed by atoms with Crippen LogP contribution in [0.25, 0.3) is 11.3 Å². The van der Waals surface area contributed by atoms with Gasteiger partial charge in [0.25, 0.3) is 0 Å². The molecule has 4 heteroatoms. The van der Waals surface area contributed by atoms with Gasteiger partial charge in [0.1, 0.15) is 0 Å². The van der Waals surface area contributed by atoms with Crippen LogP contribution >= 0.6 is 15.9 Å². The molecule has 0 fully saturated rings. The number of nitrogens with two attached hydrogens (primary N) is 1. The van der Waals surface area contributed by atoms with Crippen LogP contribution in [-0.2, 0) is 13.6 Å². The summed E-state index contributed by atoms with van der Waals surface area (Å²) in [6.07, 6.45) is 1.81. The van der Waals surface area contributed by atoms with E-state index in [9.17, 15) is 0 Å². The maximum Gasteiger partial charge on any atom is 0.0735 e. The molecule has 0 bridgehead atoms. The maximum atomic E-state index is 5.68. The zero-order chi connectivity index (χ0) is 10.8. The van der Waals surface area contributed by atoms with E-state index >= 15 is 0 Å². The summed E-state index contributed by atoms with van der Waals surface area (Å²) in [5.41, 5.74) is 8.94. The summed E-state index contributed by atoms with van der Waals surface area (Å²) in [7, 11) is 1.92. The van der Waals surface area contributed by atoms with Crippen LogP contribution in [-0.4, -0.2) is 9.78 Å². The molecule has 0 atom stereocenters. The first-order valence-electron chi connectivity index (χ1n) is 4.70. The fraction of sp³-hybridized carbons (Fsp3) is 0.182. The molecular weight excluding hydrogens is 254 g/mol. The Bertz CT molecular complexity index is 476. The van der Waals surface area contributed by atoms with E-state index in [-0.39, 0.29) is 0 Å². The minimum absolute atomic E-state index is 0.504. The first-order valence-corrected chi connectivity index (χ1v) is 5.49. The predicted octanol–water partition coefficient (Wildman–Crippen LogP) is 2.31. The molecule has 0 spiro atoms. The van der Waals surface area contributed by atoms with Crippen LogP contribution in [0.5, 0.6) is 0 Å². The largest absolute Gasteiger partial charge is 0.326 e. The van der Waals surface area contributed by atoms with Crippen molar-refractivity contribution < 1.29 is 0 Å². The van der Waals surface area contributed by atoms with Gasteiger partial charge in [0.05, 0.1) is 11.9 Å². The molecule has 1 aromatic heterocycles. The number of halogens is 1. The molecule has 0 saturated carbocycles. The Balaban J connectivity index is 2.63. The lowest BCUT2D eigenvalue weighted by Gasteiger charge is -2.07. The number of hydrogen-bond donors (Lipinski definition) is 1. The van der Waals surface area contributed by atoms with E-state index in [4.69, 9.17) is 5.73 Å². The topological polar surface area (TPSA) is 43.8 Å². The summed E-state index contributed by atoms with van der Waals surface area (Å²) in [5, 5.41) is 4.22. The van der Waals surface area contributed by atoms with Gasteiger partial charge in [-0.1, -0.05) is 34.1 Å². The van der Waals surface area contributed by atoms with Crippen LogP contribution in [0, 0.1) is 0 Å². The van der Waals surface area contributed by atoms with Crippen molar-refractivity contribution in [2.24, 2.45) is 12.8 Å². The first-order chi connectivity index (χ1) is 7.24. The van der Waals surface area contributed by atoms with Crippen LogP contribution in [0.3, 0.4) is 0 Å². The Hall–Kier alpha value is -1.13. The average Bonchev–Trinajstić information content (AvgIpc) is 2.60. The van der Waals surface area contributed by atoms with Crippen molar-refractivity contribution in [3.8, 4) is 11.3 Å². The SMILES string of the molecule is Cn1ncc(CN)c1-c1ccccc1Br. The second-order valence-corrected chi connectivity index (χ2v) is 4.18. The molecule has 0 saturated heterocycles. The molecule has 2 aromatic rings. The maximum absolute atomic E-state index is 5.68. The summed E-state index contributed by atoms with van der Waals surface area (Å²) in [5.74, 6) is 0. The highest BCUT2D eigenvalue weighted by molar-refractivity contribution is 9.10. The van der Waals surface area contributed by atoms with Crippen LogP contribution in [0.15, 0.2) is 34.9 Å². The lowest BCUT2D eigenvalue weighted by Crippen LogP contribution is -2.00. The van der Waals surface area contributed by atoms with Gasteiger partial charge in [-0.3, -0.25) is 4.68 Å². The quantitative estimate of drug-likeness (QED) is 0.906. The average molecular weight is 266 g/mol. The molecular formula is C11H12BrN3. The zero-order valence-electron chi connectivity index (χ0n) is 8.44. The number of hydrogen-bond acceptors (Lipinski definition) is 2. The van der Waals surface area contributed by atoms with E-state index in [0.717, 1.165) is 21.3 Å². The van der Waals surface area contributed by atoms with Crippen LogP contribution in [0.1, 0.15) is 5.56 Å². The van der Waals surface area contributed by atoms with Crippen molar-refractivity contribution in [1.29, 1.82) is 0 Å². The molecule has 0 aliphatic heterocycles. The molecule has 1 aromatic carbocycles. The normalized spacial score (nSPS) is 10.6. The van der Waals surface area contributed by atoms with Crippen molar-refractivity contribution >= 4 is 15.9 Å². The minimum Gasteiger partial charge on any atom is -0.326 e. The third kappa shape index (κ3) is 1.82. The summed E-state index contributed by atoms with van der Waals surface area (Å²) in [6, 6.07) is 8.07. The standard InChI is InChI=1S/C11H12BrN3/c1-15-11(8(6-13)7-14-15)9-4-2-3-5-10(9)12/h2-5,7H,6,13H2,1H3. The molecule has 1 heterocycles. The van der Waals surface area contributed by atoms with Gasteiger partial charge in [-0.05, 0) is 6.07 Å². The molecule has 0 aliphatic rings. The van der Waals surface area contributed by atoms with Crippen molar-refractivity contribution in [3.05, 3.63) is 40.5 Å². The highest BCUT2D eigenvalue weighted by Crippen LogP contribution is 2.29. The van der Waals surface area contributed by atoms with Gasteiger partial charge in [0.2, 0.25) is 0 Å². The Morgan fingerprint density at radius 3 is 2.80 bits per heavy atom. The van der Waals surface area contributed by atoms with E-state index in [2.05, 4.69) is 27.1 Å². The molecule has 78 valence electrons. The third-order valence-electron chi connectivity index (χ3n) is 2.36. The van der Waals surface area contributed by atoms with E-state index in [1.165, 1.54) is 0 Å². The van der Waals surface area contributed by atoms with Gasteiger partial charge < -0.3 is 5.73 Å². The van der Waals surface area contributed by atoms with Gasteiger partial charge in [0, 0.05) is 29.2 Å². The Morgan fingerprint density at radius 1 is 1.40 bits per heavy atom. The fourth-order valence-electron chi connectivity index (χ4n) is 1.63. The monoisotopic (exact) mass is 265 g/mol. The van der Waals surface area contributed by atoms with E-state index < -0.39 is 0 Å². The molecule has 0 unspecified atom stereocenters. The number of benzene rings is 1. The number of nitrogens with zero attached hydrogens (tertiary/aromatic N) is 2. The lowest BCUT2D eigenvalue weighted by atomic mass is 10.1. The summed E-state index contributed by atoms with van der Waals surface area (Å²) in [4.78, 5) is 0. The second-order valence-electron chi connectivity index (χ2n) is 3.33. The summed E-state index contributed by atoms with van der Waals surface area (Å²) >= 11 is 3.53. The first kappa shape index (κ1) is 10.4. The molecule has 0 amide bonds. The summed E-state index contributed by atoms with van der Waals surface area (Å²) < 4.78 is 2.91. The van der Waals surface area contributed by atoms with Crippen molar-refractivity contribution in [3.63, 3.8) is 0 Å².